The zero-order valence-electron chi connectivity index (χ0n) is 7.18. The van der Waals surface area contributed by atoms with Gasteiger partial charge in [-0.2, -0.15) is 0 Å². The van der Waals surface area contributed by atoms with E-state index >= 15 is 0 Å². The predicted molar refractivity (Wildman–Crippen MR) is 46.6 cm³/mol. The molecular weight excluding hydrogens is 186 g/mol. The van der Waals surface area contributed by atoms with Crippen molar-refractivity contribution in [1.82, 2.24) is 0 Å². The van der Waals surface area contributed by atoms with Crippen LogP contribution in [-0.2, 0) is 0 Å². The van der Waals surface area contributed by atoms with Crippen LogP contribution in [0.25, 0.3) is 0 Å². The smallest absolute Gasteiger partial charge is 1.00 e. The molecule has 0 aliphatic carbocycles. The molecule has 0 fully saturated rings. The minimum Gasteiger partial charge on any atom is -1.00 e. The van der Waals surface area contributed by atoms with Gasteiger partial charge in [-0.05, 0) is 12.1 Å². The molecule has 0 amide bonds. The molecule has 54 valence electrons. The summed E-state index contributed by atoms with van der Waals surface area (Å²) in [7, 11) is 0. The van der Waals surface area contributed by atoms with E-state index in [2.05, 4.69) is 0 Å². The molecule has 1 aromatic carbocycles. The van der Waals surface area contributed by atoms with Gasteiger partial charge in [-0.25, -0.2) is 4.39 Å². The van der Waals surface area contributed by atoms with E-state index in [0.717, 1.165) is 0 Å². The number of halogens is 3. The molecule has 0 aliphatic rings. The monoisotopic (exact) mass is 192 g/mol. The summed E-state index contributed by atoms with van der Waals surface area (Å²) in [6.45, 7) is 0. The Labute approximate surface area is 89.3 Å². The first-order chi connectivity index (χ1) is 3.80. The molecule has 1 aromatic rings. The van der Waals surface area contributed by atoms with Crippen LogP contribution < -0.4 is 0 Å². The number of hydrogen-bond donors (Lipinski definition) is 0. The van der Waals surface area contributed by atoms with Gasteiger partial charge >= 0.3 is 23.1 Å². The van der Waals surface area contributed by atoms with Crippen molar-refractivity contribution in [2.24, 2.45) is 0 Å². The molecule has 0 aliphatic heterocycles. The van der Waals surface area contributed by atoms with Crippen LogP contribution in [0.3, 0.4) is 0 Å². The second-order valence-corrected chi connectivity index (χ2v) is 1.82. The third-order valence-corrected chi connectivity index (χ3v) is 1.13. The maximum atomic E-state index is 12.2. The van der Waals surface area contributed by atoms with Crippen molar-refractivity contribution in [3.63, 3.8) is 0 Å². The average molecular weight is 193 g/mol. The molecule has 0 nitrogen and oxygen atoms in total. The molecule has 0 heterocycles. The van der Waals surface area contributed by atoms with Gasteiger partial charge in [0, 0.05) is 0 Å². The zero-order chi connectivity index (χ0) is 5.98. The van der Waals surface area contributed by atoms with Crippen LogP contribution >= 0.6 is 24.0 Å². The van der Waals surface area contributed by atoms with E-state index in [-0.39, 0.29) is 49.2 Å². The van der Waals surface area contributed by atoms with Crippen molar-refractivity contribution in [2.45, 2.75) is 0 Å². The van der Waals surface area contributed by atoms with Gasteiger partial charge in [0.25, 0.3) is 0 Å². The molecule has 1 rings (SSSR count). The van der Waals surface area contributed by atoms with Gasteiger partial charge in [0.1, 0.15) is 5.82 Å². The van der Waals surface area contributed by atoms with Crippen LogP contribution in [0.4, 0.5) is 4.39 Å². The Kier molecular flexibility index (Phi) is 8.16. The average Bonchev–Trinajstić information content (AvgIpc) is 1.77. The second-order valence-electron chi connectivity index (χ2n) is 1.41. The topological polar surface area (TPSA) is 0 Å². The van der Waals surface area contributed by atoms with E-state index in [0.29, 0.717) is 0 Å². The molecular formula is C6H7Cl2FMg. The summed E-state index contributed by atoms with van der Waals surface area (Å²) in [5, 5.41) is 0.174. The zero-order valence-corrected chi connectivity index (χ0v) is 8.17. The first kappa shape index (κ1) is 13.1. The van der Waals surface area contributed by atoms with Crippen LogP contribution in [0.1, 0.15) is 2.85 Å². The Balaban J connectivity index is -0.0000000800. The number of benzene rings is 1. The SMILES string of the molecule is Cl.Fc1ccccc1Cl.[H-].[H-].[Mg+2]. The first-order valence-corrected chi connectivity index (χ1v) is 2.58. The minimum atomic E-state index is -0.367. The third kappa shape index (κ3) is 3.61. The Morgan fingerprint density at radius 2 is 1.80 bits per heavy atom. The summed E-state index contributed by atoms with van der Waals surface area (Å²) >= 11 is 5.33. The molecule has 0 aromatic heterocycles. The van der Waals surface area contributed by atoms with Crippen molar-refractivity contribution < 1.29 is 7.24 Å². The summed E-state index contributed by atoms with van der Waals surface area (Å²) in [5.74, 6) is -0.367. The van der Waals surface area contributed by atoms with Gasteiger partial charge in [0.15, 0.2) is 0 Å². The van der Waals surface area contributed by atoms with Gasteiger partial charge in [0.05, 0.1) is 5.02 Å². The molecule has 0 saturated carbocycles. The minimum absolute atomic E-state index is 0. The quantitative estimate of drug-likeness (QED) is 0.556. The van der Waals surface area contributed by atoms with Crippen molar-refractivity contribution in [1.29, 1.82) is 0 Å². The van der Waals surface area contributed by atoms with Crippen LogP contribution in [0.5, 0.6) is 0 Å². The van der Waals surface area contributed by atoms with Crippen LogP contribution in [0, 0.1) is 5.82 Å². The molecule has 4 heteroatoms. The fourth-order valence-electron chi connectivity index (χ4n) is 0.439. The summed E-state index contributed by atoms with van der Waals surface area (Å²) in [4.78, 5) is 0. The molecule has 0 N–H and O–H groups in total. The van der Waals surface area contributed by atoms with Gasteiger partial charge in [0.2, 0.25) is 0 Å². The fraction of sp³-hybridized carbons (Fsp3) is 0. The Morgan fingerprint density at radius 1 is 1.30 bits per heavy atom. The number of rotatable bonds is 0. The first-order valence-electron chi connectivity index (χ1n) is 2.21. The van der Waals surface area contributed by atoms with Crippen LogP contribution in [0.2, 0.25) is 5.02 Å². The molecule has 0 bridgehead atoms. The second kappa shape index (κ2) is 6.22. The Hall–Kier alpha value is 0.496. The molecule has 0 spiro atoms. The van der Waals surface area contributed by atoms with Gasteiger partial charge in [-0.3, -0.25) is 0 Å². The van der Waals surface area contributed by atoms with E-state index in [1.807, 2.05) is 0 Å². The normalized spacial score (nSPS) is 7.40. The summed E-state index contributed by atoms with van der Waals surface area (Å²) in [6.07, 6.45) is 0. The van der Waals surface area contributed by atoms with E-state index in [1.54, 1.807) is 12.1 Å². The van der Waals surface area contributed by atoms with Crippen molar-refractivity contribution >= 4 is 47.1 Å². The maximum absolute atomic E-state index is 12.2. The van der Waals surface area contributed by atoms with E-state index in [9.17, 15) is 4.39 Å². The Morgan fingerprint density at radius 3 is 2.10 bits per heavy atom. The van der Waals surface area contributed by atoms with Gasteiger partial charge < -0.3 is 2.85 Å². The van der Waals surface area contributed by atoms with E-state index in [1.165, 1.54) is 12.1 Å². The van der Waals surface area contributed by atoms with E-state index < -0.39 is 0 Å². The number of hydrogen-bond acceptors (Lipinski definition) is 0. The standard InChI is InChI=1S/C6H4ClF.ClH.Mg.2H/c7-5-3-1-2-4-6(5)8;;;;/h1-4H;1H;;;/q;;+2;2*-1. The Bertz CT molecular complexity index is 180. The molecule has 0 radical (unpaired) electrons. The predicted octanol–water partition coefficient (Wildman–Crippen LogP) is 2.75. The molecule has 10 heavy (non-hydrogen) atoms. The van der Waals surface area contributed by atoms with Crippen molar-refractivity contribution in [2.75, 3.05) is 0 Å². The fourth-order valence-corrected chi connectivity index (χ4v) is 0.575. The molecule has 0 unspecified atom stereocenters. The summed E-state index contributed by atoms with van der Waals surface area (Å²) < 4.78 is 12.2. The van der Waals surface area contributed by atoms with Crippen LogP contribution in [-0.4, -0.2) is 23.1 Å². The maximum Gasteiger partial charge on any atom is 2.00 e. The molecule has 0 atom stereocenters. The van der Waals surface area contributed by atoms with Gasteiger partial charge in [-0.15, -0.1) is 12.4 Å². The van der Waals surface area contributed by atoms with Crippen molar-refractivity contribution in [3.8, 4) is 0 Å². The summed E-state index contributed by atoms with van der Waals surface area (Å²) in [6, 6.07) is 6.12. The van der Waals surface area contributed by atoms with Gasteiger partial charge in [-0.1, -0.05) is 23.7 Å². The largest absolute Gasteiger partial charge is 2.00 e. The summed E-state index contributed by atoms with van der Waals surface area (Å²) in [5.41, 5.74) is 0. The van der Waals surface area contributed by atoms with E-state index in [4.69, 9.17) is 11.6 Å². The molecule has 0 saturated heterocycles. The van der Waals surface area contributed by atoms with Crippen molar-refractivity contribution in [3.05, 3.63) is 35.1 Å². The third-order valence-electron chi connectivity index (χ3n) is 0.824. The van der Waals surface area contributed by atoms with Crippen LogP contribution in [0.15, 0.2) is 24.3 Å².